The van der Waals surface area contributed by atoms with Crippen LogP contribution in [0.4, 0.5) is 4.39 Å². The zero-order valence-electron chi connectivity index (χ0n) is 29.1. The summed E-state index contributed by atoms with van der Waals surface area (Å²) in [5.41, 5.74) is -2.31. The fourth-order valence-corrected chi connectivity index (χ4v) is 9.87. The van der Waals surface area contributed by atoms with Crippen molar-refractivity contribution in [1.82, 2.24) is 10.3 Å². The molecule has 2 bridgehead atoms. The van der Waals surface area contributed by atoms with Gasteiger partial charge in [-0.1, -0.05) is 34.3 Å². The van der Waals surface area contributed by atoms with Gasteiger partial charge in [-0.2, -0.15) is 0 Å². The molecule has 12 heteroatoms. The van der Waals surface area contributed by atoms with E-state index in [1.54, 1.807) is 13.1 Å². The van der Waals surface area contributed by atoms with Crippen molar-refractivity contribution in [1.29, 1.82) is 1.43 Å². The van der Waals surface area contributed by atoms with Crippen molar-refractivity contribution in [3.63, 3.8) is 0 Å². The zero-order valence-corrected chi connectivity index (χ0v) is 28.1. The molecule has 0 radical (unpaired) electrons. The second-order valence-corrected chi connectivity index (χ2v) is 14.7. The first-order chi connectivity index (χ1) is 22.6. The van der Waals surface area contributed by atoms with Crippen molar-refractivity contribution in [2.24, 2.45) is 22.7 Å². The molecule has 6 rings (SSSR count). The van der Waals surface area contributed by atoms with Crippen molar-refractivity contribution in [3.8, 4) is 0 Å². The van der Waals surface area contributed by atoms with Gasteiger partial charge in [0.15, 0.2) is 18.0 Å². The Morgan fingerprint density at radius 2 is 2.04 bits per heavy atom. The van der Waals surface area contributed by atoms with E-state index < -0.39 is 88.4 Å². The Labute approximate surface area is 276 Å². The topological polar surface area (TPSA) is 146 Å². The lowest BCUT2D eigenvalue weighted by Crippen LogP contribution is -2.77. The fraction of sp³-hybridized carbons (Fsp3) is 0.686. The van der Waals surface area contributed by atoms with Crippen LogP contribution in [0.2, 0.25) is 0 Å². The van der Waals surface area contributed by atoms with Gasteiger partial charge in [0.05, 0.1) is 36.2 Å². The molecule has 12 atom stereocenters. The minimum absolute atomic E-state index is 0.0172. The average molecular weight is 661 g/mol. The number of aromatic nitrogens is 1. The number of halogens is 1. The highest BCUT2D eigenvalue weighted by molar-refractivity contribution is 5.76. The van der Waals surface area contributed by atoms with Crippen LogP contribution < -0.4 is 5.32 Å². The van der Waals surface area contributed by atoms with Crippen LogP contribution in [-0.4, -0.2) is 90.2 Å². The molecule has 3 heterocycles. The number of rotatable bonds is 8. The Kier molecular flexibility index (Phi) is 8.16. The molecular formula is C35H47FN2O9. The van der Waals surface area contributed by atoms with E-state index in [9.17, 15) is 19.1 Å². The molecule has 0 spiro atoms. The predicted octanol–water partition coefficient (Wildman–Crippen LogP) is 3.29. The SMILES string of the molecule is [3H]O[C@@H](C(=O)O[C@H]1C[C@@]2(O)[C@@H](C)[C@H]3[C@@](C)(CC[C@H]4OC[C@]43OC(C)=O)[C@@H]3O[C@H](C=C)O[C@@H]3C(=C1C)C2(C)C)[C@@H](NC)c1ccc(F)cn1. The summed E-state index contributed by atoms with van der Waals surface area (Å²) in [7, 11) is 1.57. The van der Waals surface area contributed by atoms with Gasteiger partial charge >= 0.3 is 11.9 Å². The van der Waals surface area contributed by atoms with E-state index in [0.717, 1.165) is 11.8 Å². The molecule has 2 saturated carbocycles. The zero-order chi connectivity index (χ0) is 35.0. The van der Waals surface area contributed by atoms with E-state index in [2.05, 4.69) is 23.8 Å². The summed E-state index contributed by atoms with van der Waals surface area (Å²) < 4.78 is 53.0. The van der Waals surface area contributed by atoms with Crippen LogP contribution >= 0.6 is 0 Å². The van der Waals surface area contributed by atoms with Crippen molar-refractivity contribution >= 4 is 11.9 Å². The first kappa shape index (κ1) is 32.8. The Morgan fingerprint density at radius 1 is 1.30 bits per heavy atom. The van der Waals surface area contributed by atoms with Crippen molar-refractivity contribution in [2.45, 2.75) is 115 Å². The number of hydrogen-bond acceptors (Lipinski definition) is 11. The quantitative estimate of drug-likeness (QED) is 0.279. The maximum absolute atomic E-state index is 13.9. The van der Waals surface area contributed by atoms with Gasteiger partial charge in [0.1, 0.15) is 24.1 Å². The molecule has 0 amide bonds. The van der Waals surface area contributed by atoms with Crippen molar-refractivity contribution in [2.75, 3.05) is 13.7 Å². The molecule has 47 heavy (non-hydrogen) atoms. The number of aliphatic hydroxyl groups is 2. The second-order valence-electron chi connectivity index (χ2n) is 14.7. The van der Waals surface area contributed by atoms with Crippen LogP contribution in [0.25, 0.3) is 0 Å². The lowest BCUT2D eigenvalue weighted by molar-refractivity contribution is -0.337. The third-order valence-electron chi connectivity index (χ3n) is 12.1. The molecule has 3 N–H and O–H groups in total. The summed E-state index contributed by atoms with van der Waals surface area (Å²) in [6, 6.07) is 1.68. The molecular weight excluding hydrogens is 611 g/mol. The van der Waals surface area contributed by atoms with Gasteiger partial charge in [0.2, 0.25) is 1.43 Å². The van der Waals surface area contributed by atoms with Crippen molar-refractivity contribution in [3.05, 3.63) is 53.6 Å². The molecule has 1 aromatic rings. The number of carbonyl (C=O) groups excluding carboxylic acids is 2. The molecule has 258 valence electrons. The highest BCUT2D eigenvalue weighted by Crippen LogP contribution is 2.67. The minimum Gasteiger partial charge on any atom is -0.456 e. The van der Waals surface area contributed by atoms with Gasteiger partial charge in [0.25, 0.3) is 0 Å². The summed E-state index contributed by atoms with van der Waals surface area (Å²) in [5.74, 6) is -2.78. The summed E-state index contributed by atoms with van der Waals surface area (Å²) >= 11 is 0. The monoisotopic (exact) mass is 660 g/mol. The smallest absolute Gasteiger partial charge is 0.337 e. The summed E-state index contributed by atoms with van der Waals surface area (Å²) in [4.78, 5) is 30.6. The van der Waals surface area contributed by atoms with E-state index in [1.165, 1.54) is 19.1 Å². The van der Waals surface area contributed by atoms with Crippen molar-refractivity contribution < 1.29 is 47.9 Å². The lowest BCUT2D eigenvalue weighted by Gasteiger charge is -2.68. The maximum atomic E-state index is 13.9. The van der Waals surface area contributed by atoms with E-state index in [1.807, 2.05) is 27.7 Å². The number of hydrogen-bond donors (Lipinski definition) is 3. The predicted molar refractivity (Wildman–Crippen MR) is 166 cm³/mol. The molecule has 2 saturated heterocycles. The van der Waals surface area contributed by atoms with Crippen LogP contribution in [0.1, 0.15) is 72.5 Å². The minimum atomic E-state index is -1.51. The molecule has 0 aromatic carbocycles. The van der Waals surface area contributed by atoms with E-state index in [-0.39, 0.29) is 24.8 Å². The van der Waals surface area contributed by atoms with Gasteiger partial charge < -0.3 is 39.2 Å². The number of esters is 2. The largest absolute Gasteiger partial charge is 0.456 e. The first-order valence-corrected chi connectivity index (χ1v) is 16.4. The summed E-state index contributed by atoms with van der Waals surface area (Å²) in [6.07, 6.45) is -0.713. The van der Waals surface area contributed by atoms with E-state index in [0.29, 0.717) is 18.4 Å². The Balaban J connectivity index is 1.46. The molecule has 11 nitrogen and oxygen atoms in total. The highest BCUT2D eigenvalue weighted by atomic mass is 19.1. The van der Waals surface area contributed by atoms with E-state index in [4.69, 9.17) is 30.2 Å². The summed E-state index contributed by atoms with van der Waals surface area (Å²) in [5, 5.41) is 21.0. The summed E-state index contributed by atoms with van der Waals surface area (Å²) in [6.45, 7) is 15.4. The highest BCUT2D eigenvalue weighted by Gasteiger charge is 2.75. The molecule has 2 aliphatic heterocycles. The van der Waals surface area contributed by atoms with Crippen LogP contribution in [-0.2, 0) is 33.3 Å². The lowest BCUT2D eigenvalue weighted by atomic mass is 9.43. The van der Waals surface area contributed by atoms with E-state index >= 15 is 0 Å². The number of aliphatic hydroxyl groups excluding tert-OH is 1. The van der Waals surface area contributed by atoms with Crippen LogP contribution in [0.3, 0.4) is 0 Å². The molecule has 0 unspecified atom stereocenters. The van der Waals surface area contributed by atoms with Gasteiger partial charge in [0, 0.05) is 30.1 Å². The van der Waals surface area contributed by atoms with Gasteiger partial charge in [-0.05, 0) is 62.1 Å². The third-order valence-corrected chi connectivity index (χ3v) is 12.1. The second kappa shape index (κ2) is 11.7. The number of fused-ring (bicyclic) bond motifs is 8. The standard InChI is InChI=1S/C35H47FN2O9/c1-9-24-45-28-25-17(2)22(44-31(41)27(40)26(37-8)21-11-10-20(36)15-38-21)14-35(42,32(25,5)6)18(3)29-33(7,30(28)46-24)13-12-23-34(29,16-43-23)47-19(4)39/h9-11,15,18,22-24,26-30,37,40,42H,1,12-14,16H2,2-8H3/t18-,22-,23+,24+,26-,27+,28+,29-,30+,33+,34-,35+/m0/s1/i40T. The van der Waals surface area contributed by atoms with Gasteiger partial charge in [-0.3, -0.25) is 9.78 Å². The average Bonchev–Trinajstić information content (AvgIpc) is 3.45. The number of carbonyl (C=O) groups is 2. The van der Waals surface area contributed by atoms with Crippen LogP contribution in [0.15, 0.2) is 42.1 Å². The van der Waals surface area contributed by atoms with Crippen LogP contribution in [0.5, 0.6) is 0 Å². The molecule has 5 aliphatic rings. The Hall–Kier alpha value is -2.74. The number of ether oxygens (including phenoxy) is 5. The number of nitrogens with one attached hydrogen (secondary N) is 1. The number of nitrogens with zero attached hydrogens (tertiary/aromatic N) is 1. The maximum Gasteiger partial charge on any atom is 0.337 e. The molecule has 1 aromatic heterocycles. The number of pyridine rings is 1. The fourth-order valence-electron chi connectivity index (χ4n) is 9.87. The number of likely N-dealkylation sites (N-methyl/N-ethyl adjacent to an activating group) is 1. The normalized spacial score (nSPS) is 41.8. The Bertz CT molecular complexity index is 1490. The molecule has 4 fully saturated rings. The van der Waals surface area contributed by atoms with Gasteiger partial charge in [-0.25, -0.2) is 9.18 Å². The first-order valence-electron chi connectivity index (χ1n) is 16.8. The van der Waals surface area contributed by atoms with Crippen LogP contribution in [0, 0.1) is 28.5 Å². The third kappa shape index (κ3) is 4.93. The Morgan fingerprint density at radius 3 is 2.62 bits per heavy atom. The van der Waals surface area contributed by atoms with Gasteiger partial charge in [-0.15, -0.1) is 0 Å². The molecule has 3 aliphatic carbocycles.